The van der Waals surface area contributed by atoms with E-state index < -0.39 is 0 Å². The van der Waals surface area contributed by atoms with Crippen LogP contribution in [0.4, 0.5) is 0 Å². The van der Waals surface area contributed by atoms with Crippen molar-refractivity contribution in [3.8, 4) is 0 Å². The number of nitrogens with zero attached hydrogens (tertiary/aromatic N) is 1. The highest BCUT2D eigenvalue weighted by molar-refractivity contribution is 5.96. The van der Waals surface area contributed by atoms with E-state index in [1.54, 1.807) is 6.07 Å². The summed E-state index contributed by atoms with van der Waals surface area (Å²) in [6.07, 6.45) is 1.07. The van der Waals surface area contributed by atoms with Gasteiger partial charge < -0.3 is 9.73 Å². The van der Waals surface area contributed by atoms with Gasteiger partial charge in [-0.2, -0.15) is 0 Å². The van der Waals surface area contributed by atoms with Gasteiger partial charge in [-0.15, -0.1) is 0 Å². The van der Waals surface area contributed by atoms with E-state index in [0.717, 1.165) is 30.5 Å². The SMILES string of the molecule is CC(CNC(=O)c1cc2ccccc2o1)N1CCc2ccccc2C1. The smallest absolute Gasteiger partial charge is 0.287 e. The van der Waals surface area contributed by atoms with Crippen LogP contribution in [0.5, 0.6) is 0 Å². The molecule has 128 valence electrons. The second-order valence-electron chi connectivity index (χ2n) is 6.70. The largest absolute Gasteiger partial charge is 0.451 e. The van der Waals surface area contributed by atoms with Gasteiger partial charge in [0, 0.05) is 31.1 Å². The van der Waals surface area contributed by atoms with Gasteiger partial charge in [0.1, 0.15) is 5.58 Å². The number of benzene rings is 2. The van der Waals surface area contributed by atoms with E-state index in [9.17, 15) is 4.79 Å². The van der Waals surface area contributed by atoms with Crippen molar-refractivity contribution < 1.29 is 9.21 Å². The summed E-state index contributed by atoms with van der Waals surface area (Å²) in [7, 11) is 0. The number of carbonyl (C=O) groups is 1. The Bertz CT molecular complexity index is 867. The van der Waals surface area contributed by atoms with Crippen LogP contribution in [-0.2, 0) is 13.0 Å². The van der Waals surface area contributed by atoms with Crippen molar-refractivity contribution in [3.63, 3.8) is 0 Å². The van der Waals surface area contributed by atoms with Gasteiger partial charge in [0.25, 0.3) is 5.91 Å². The first-order valence-corrected chi connectivity index (χ1v) is 8.78. The highest BCUT2D eigenvalue weighted by atomic mass is 16.3. The summed E-state index contributed by atoms with van der Waals surface area (Å²) in [6.45, 7) is 4.74. The zero-order valence-corrected chi connectivity index (χ0v) is 14.4. The van der Waals surface area contributed by atoms with Crippen LogP contribution in [0.25, 0.3) is 11.0 Å². The molecule has 0 radical (unpaired) electrons. The molecule has 25 heavy (non-hydrogen) atoms. The predicted molar refractivity (Wildman–Crippen MR) is 98.6 cm³/mol. The van der Waals surface area contributed by atoms with Crippen molar-refractivity contribution in [2.24, 2.45) is 0 Å². The Kier molecular flexibility index (Phi) is 4.28. The first-order valence-electron chi connectivity index (χ1n) is 8.78. The van der Waals surface area contributed by atoms with E-state index in [0.29, 0.717) is 12.3 Å². The number of rotatable bonds is 4. The normalized spacial score (nSPS) is 15.7. The fraction of sp³-hybridized carbons (Fsp3) is 0.286. The number of para-hydroxylation sites is 1. The first kappa shape index (κ1) is 15.9. The van der Waals surface area contributed by atoms with Crippen LogP contribution in [0.3, 0.4) is 0 Å². The summed E-state index contributed by atoms with van der Waals surface area (Å²) >= 11 is 0. The molecule has 2 aromatic carbocycles. The molecule has 0 fully saturated rings. The third-order valence-electron chi connectivity index (χ3n) is 4.99. The van der Waals surface area contributed by atoms with Crippen molar-refractivity contribution in [1.82, 2.24) is 10.2 Å². The van der Waals surface area contributed by atoms with Crippen LogP contribution in [0.1, 0.15) is 28.6 Å². The van der Waals surface area contributed by atoms with Gasteiger partial charge in [-0.1, -0.05) is 42.5 Å². The lowest BCUT2D eigenvalue weighted by Gasteiger charge is -2.33. The highest BCUT2D eigenvalue weighted by Crippen LogP contribution is 2.21. The fourth-order valence-electron chi connectivity index (χ4n) is 3.44. The maximum absolute atomic E-state index is 12.4. The third-order valence-corrected chi connectivity index (χ3v) is 4.99. The number of carbonyl (C=O) groups excluding carboxylic acids is 1. The fourth-order valence-corrected chi connectivity index (χ4v) is 3.44. The zero-order valence-electron chi connectivity index (χ0n) is 14.4. The van der Waals surface area contributed by atoms with Gasteiger partial charge in [-0.05, 0) is 36.6 Å². The number of fused-ring (bicyclic) bond motifs is 2. The second-order valence-corrected chi connectivity index (χ2v) is 6.70. The predicted octanol–water partition coefficient (Wildman–Crippen LogP) is 3.61. The van der Waals surface area contributed by atoms with Crippen LogP contribution in [0.15, 0.2) is 59.0 Å². The Balaban J connectivity index is 1.37. The molecular weight excluding hydrogens is 312 g/mol. The Labute approximate surface area is 147 Å². The molecular formula is C21H22N2O2. The van der Waals surface area contributed by atoms with Gasteiger partial charge >= 0.3 is 0 Å². The van der Waals surface area contributed by atoms with E-state index in [1.807, 2.05) is 24.3 Å². The molecule has 0 saturated heterocycles. The molecule has 1 N–H and O–H groups in total. The van der Waals surface area contributed by atoms with Gasteiger partial charge in [0.15, 0.2) is 5.76 Å². The zero-order chi connectivity index (χ0) is 17.2. The van der Waals surface area contributed by atoms with Crippen molar-refractivity contribution in [2.45, 2.75) is 25.9 Å². The Morgan fingerprint density at radius 1 is 1.16 bits per heavy atom. The van der Waals surface area contributed by atoms with Gasteiger partial charge in [-0.25, -0.2) is 0 Å². The van der Waals surface area contributed by atoms with Gasteiger partial charge in [0.2, 0.25) is 0 Å². The first-order chi connectivity index (χ1) is 12.2. The molecule has 1 unspecified atom stereocenters. The Morgan fingerprint density at radius 3 is 2.76 bits per heavy atom. The molecule has 4 heteroatoms. The van der Waals surface area contributed by atoms with Crippen molar-refractivity contribution in [2.75, 3.05) is 13.1 Å². The maximum atomic E-state index is 12.4. The minimum Gasteiger partial charge on any atom is -0.451 e. The van der Waals surface area contributed by atoms with Gasteiger partial charge in [0.05, 0.1) is 0 Å². The van der Waals surface area contributed by atoms with Crippen LogP contribution >= 0.6 is 0 Å². The average molecular weight is 334 g/mol. The summed E-state index contributed by atoms with van der Waals surface area (Å²) in [5.74, 6) is 0.220. The van der Waals surface area contributed by atoms with E-state index in [4.69, 9.17) is 4.42 Å². The lowest BCUT2D eigenvalue weighted by molar-refractivity contribution is 0.0907. The molecule has 1 amide bonds. The summed E-state index contributed by atoms with van der Waals surface area (Å²) < 4.78 is 5.63. The van der Waals surface area contributed by atoms with Crippen molar-refractivity contribution >= 4 is 16.9 Å². The third kappa shape index (κ3) is 3.30. The number of amides is 1. The van der Waals surface area contributed by atoms with Crippen LogP contribution in [0.2, 0.25) is 0 Å². The van der Waals surface area contributed by atoms with Gasteiger partial charge in [-0.3, -0.25) is 9.69 Å². The molecule has 4 rings (SSSR count). The quantitative estimate of drug-likeness (QED) is 0.793. The van der Waals surface area contributed by atoms with Crippen LogP contribution in [-0.4, -0.2) is 29.9 Å². The molecule has 4 nitrogen and oxygen atoms in total. The number of hydrogen-bond acceptors (Lipinski definition) is 3. The lowest BCUT2D eigenvalue weighted by atomic mass is 9.99. The number of hydrogen-bond donors (Lipinski definition) is 1. The highest BCUT2D eigenvalue weighted by Gasteiger charge is 2.21. The van der Waals surface area contributed by atoms with E-state index >= 15 is 0 Å². The Morgan fingerprint density at radius 2 is 1.92 bits per heavy atom. The maximum Gasteiger partial charge on any atom is 0.287 e. The minimum atomic E-state index is -0.152. The summed E-state index contributed by atoms with van der Waals surface area (Å²) in [5.41, 5.74) is 3.58. The molecule has 0 aliphatic carbocycles. The molecule has 2 heterocycles. The molecule has 1 atom stereocenters. The monoisotopic (exact) mass is 334 g/mol. The minimum absolute atomic E-state index is 0.152. The van der Waals surface area contributed by atoms with E-state index in [-0.39, 0.29) is 11.9 Å². The van der Waals surface area contributed by atoms with Crippen molar-refractivity contribution in [3.05, 3.63) is 71.5 Å². The Hall–Kier alpha value is -2.59. The summed E-state index contributed by atoms with van der Waals surface area (Å²) in [5, 5.41) is 3.96. The number of furan rings is 1. The molecule has 0 saturated carbocycles. The van der Waals surface area contributed by atoms with Crippen LogP contribution in [0, 0.1) is 0 Å². The van der Waals surface area contributed by atoms with E-state index in [2.05, 4.69) is 41.4 Å². The summed E-state index contributed by atoms with van der Waals surface area (Å²) in [6, 6.07) is 18.3. The molecule has 0 bridgehead atoms. The lowest BCUT2D eigenvalue weighted by Crippen LogP contribution is -2.44. The molecule has 1 aliphatic heterocycles. The molecule has 0 spiro atoms. The van der Waals surface area contributed by atoms with Crippen LogP contribution < -0.4 is 5.32 Å². The molecule has 1 aliphatic rings. The van der Waals surface area contributed by atoms with E-state index in [1.165, 1.54) is 11.1 Å². The molecule has 3 aromatic rings. The summed E-state index contributed by atoms with van der Waals surface area (Å²) in [4.78, 5) is 14.8. The molecule has 1 aromatic heterocycles. The standard InChI is InChI=1S/C21H22N2O2/c1-15(23-11-10-16-6-2-3-8-18(16)14-23)13-22-21(24)20-12-17-7-4-5-9-19(17)25-20/h2-9,12,15H,10-11,13-14H2,1H3,(H,22,24). The topological polar surface area (TPSA) is 45.5 Å². The van der Waals surface area contributed by atoms with Crippen molar-refractivity contribution in [1.29, 1.82) is 0 Å². The second kappa shape index (κ2) is 6.73. The number of nitrogens with one attached hydrogen (secondary N) is 1. The average Bonchev–Trinajstić information content (AvgIpc) is 3.09.